The highest BCUT2D eigenvalue weighted by Crippen LogP contribution is 2.11. The van der Waals surface area contributed by atoms with Gasteiger partial charge in [0.1, 0.15) is 5.76 Å². The Morgan fingerprint density at radius 3 is 2.50 bits per heavy atom. The standard InChI is InChI=1S/C15H28N4O/c1-11(2)7-6-9-17-15(16-5)18-10-8-14-12(3)19-20-13(14)4/h11H,6-10H2,1-5H3,(H2,16,17,18). The van der Waals surface area contributed by atoms with Crippen LogP contribution < -0.4 is 10.6 Å². The molecule has 0 bridgehead atoms. The Bertz CT molecular complexity index is 404. The zero-order valence-electron chi connectivity index (χ0n) is 13.4. The molecule has 5 nitrogen and oxygen atoms in total. The summed E-state index contributed by atoms with van der Waals surface area (Å²) in [4.78, 5) is 4.22. The summed E-state index contributed by atoms with van der Waals surface area (Å²) in [5, 5.41) is 10.6. The number of rotatable bonds is 7. The predicted molar refractivity (Wildman–Crippen MR) is 83.1 cm³/mol. The first-order chi connectivity index (χ1) is 9.54. The molecule has 0 aliphatic rings. The Labute approximate surface area is 122 Å². The summed E-state index contributed by atoms with van der Waals surface area (Å²) in [7, 11) is 1.80. The van der Waals surface area contributed by atoms with Crippen molar-refractivity contribution in [1.29, 1.82) is 0 Å². The molecule has 1 rings (SSSR count). The Kier molecular flexibility index (Phi) is 7.12. The first kappa shape index (κ1) is 16.5. The van der Waals surface area contributed by atoms with E-state index in [0.29, 0.717) is 0 Å². The lowest BCUT2D eigenvalue weighted by Gasteiger charge is -2.12. The molecule has 0 aliphatic carbocycles. The monoisotopic (exact) mass is 280 g/mol. The highest BCUT2D eigenvalue weighted by molar-refractivity contribution is 5.79. The number of nitrogens with one attached hydrogen (secondary N) is 2. The maximum Gasteiger partial charge on any atom is 0.190 e. The second kappa shape index (κ2) is 8.61. The summed E-state index contributed by atoms with van der Waals surface area (Å²) >= 11 is 0. The lowest BCUT2D eigenvalue weighted by Crippen LogP contribution is -2.38. The zero-order chi connectivity index (χ0) is 15.0. The fourth-order valence-electron chi connectivity index (χ4n) is 2.10. The molecule has 20 heavy (non-hydrogen) atoms. The molecule has 1 aromatic rings. The molecule has 0 unspecified atom stereocenters. The average molecular weight is 280 g/mol. The van der Waals surface area contributed by atoms with Crippen molar-refractivity contribution in [2.75, 3.05) is 20.1 Å². The van der Waals surface area contributed by atoms with Gasteiger partial charge >= 0.3 is 0 Å². The third kappa shape index (κ3) is 5.63. The van der Waals surface area contributed by atoms with Gasteiger partial charge in [-0.2, -0.15) is 0 Å². The Morgan fingerprint density at radius 1 is 1.25 bits per heavy atom. The van der Waals surface area contributed by atoms with Crippen molar-refractivity contribution < 1.29 is 4.52 Å². The zero-order valence-corrected chi connectivity index (χ0v) is 13.4. The molecule has 0 amide bonds. The maximum atomic E-state index is 5.16. The SMILES string of the molecule is CN=C(NCCCC(C)C)NCCc1c(C)noc1C. The second-order valence-electron chi connectivity index (χ2n) is 5.51. The van der Waals surface area contributed by atoms with E-state index in [-0.39, 0.29) is 0 Å². The van der Waals surface area contributed by atoms with Crippen LogP contribution in [0, 0.1) is 19.8 Å². The first-order valence-electron chi connectivity index (χ1n) is 7.40. The molecule has 0 fully saturated rings. The average Bonchev–Trinajstić information content (AvgIpc) is 2.72. The number of hydrogen-bond donors (Lipinski definition) is 2. The molecule has 5 heteroatoms. The molecule has 0 spiro atoms. The fourth-order valence-corrected chi connectivity index (χ4v) is 2.10. The molecule has 114 valence electrons. The van der Waals surface area contributed by atoms with E-state index >= 15 is 0 Å². The van der Waals surface area contributed by atoms with Gasteiger partial charge in [-0.05, 0) is 39.0 Å². The largest absolute Gasteiger partial charge is 0.361 e. The van der Waals surface area contributed by atoms with Crippen LogP contribution in [0.4, 0.5) is 0 Å². The predicted octanol–water partition coefficient (Wildman–Crippen LogP) is 2.44. The van der Waals surface area contributed by atoms with Crippen molar-refractivity contribution in [3.05, 3.63) is 17.0 Å². The van der Waals surface area contributed by atoms with Crippen molar-refractivity contribution in [2.45, 2.75) is 47.0 Å². The number of hydrogen-bond acceptors (Lipinski definition) is 3. The lowest BCUT2D eigenvalue weighted by atomic mass is 10.1. The molecule has 0 radical (unpaired) electrons. The summed E-state index contributed by atoms with van der Waals surface area (Å²) in [6.07, 6.45) is 3.30. The van der Waals surface area contributed by atoms with Crippen LogP contribution in [-0.4, -0.2) is 31.3 Å². The van der Waals surface area contributed by atoms with Gasteiger partial charge in [0.05, 0.1) is 5.69 Å². The highest BCUT2D eigenvalue weighted by atomic mass is 16.5. The van der Waals surface area contributed by atoms with Crippen LogP contribution in [0.15, 0.2) is 9.52 Å². The van der Waals surface area contributed by atoms with Gasteiger partial charge < -0.3 is 15.2 Å². The molecule has 0 saturated carbocycles. The number of aromatic nitrogens is 1. The molecule has 0 atom stereocenters. The third-order valence-corrected chi connectivity index (χ3v) is 3.32. The van der Waals surface area contributed by atoms with Gasteiger partial charge in [-0.1, -0.05) is 19.0 Å². The van der Waals surface area contributed by atoms with Crippen LogP contribution in [0.3, 0.4) is 0 Å². The minimum atomic E-state index is 0.756. The van der Waals surface area contributed by atoms with Crippen LogP contribution in [0.2, 0.25) is 0 Å². The van der Waals surface area contributed by atoms with Crippen LogP contribution in [0.1, 0.15) is 43.7 Å². The molecule has 1 heterocycles. The maximum absolute atomic E-state index is 5.16. The van der Waals surface area contributed by atoms with E-state index in [4.69, 9.17) is 4.52 Å². The summed E-state index contributed by atoms with van der Waals surface area (Å²) in [5.41, 5.74) is 2.16. The summed E-state index contributed by atoms with van der Waals surface area (Å²) < 4.78 is 5.16. The minimum absolute atomic E-state index is 0.756. The van der Waals surface area contributed by atoms with Gasteiger partial charge in [-0.15, -0.1) is 0 Å². The summed E-state index contributed by atoms with van der Waals surface area (Å²) in [6.45, 7) is 10.2. The molecule has 0 saturated heterocycles. The van der Waals surface area contributed by atoms with E-state index in [1.54, 1.807) is 7.05 Å². The molecule has 2 N–H and O–H groups in total. The summed E-state index contributed by atoms with van der Waals surface area (Å²) in [5.74, 6) is 2.52. The third-order valence-electron chi connectivity index (χ3n) is 3.32. The van der Waals surface area contributed by atoms with E-state index in [9.17, 15) is 0 Å². The van der Waals surface area contributed by atoms with Crippen LogP contribution >= 0.6 is 0 Å². The Balaban J connectivity index is 2.25. The Hall–Kier alpha value is -1.52. The number of guanidine groups is 1. The number of aliphatic imine (C=N–C) groups is 1. The normalized spacial score (nSPS) is 12.0. The van der Waals surface area contributed by atoms with Crippen molar-refractivity contribution in [3.63, 3.8) is 0 Å². The quantitative estimate of drug-likeness (QED) is 0.457. The van der Waals surface area contributed by atoms with E-state index in [2.05, 4.69) is 34.6 Å². The van der Waals surface area contributed by atoms with Gasteiger partial charge in [-0.3, -0.25) is 4.99 Å². The topological polar surface area (TPSA) is 62.5 Å². The van der Waals surface area contributed by atoms with E-state index in [1.165, 1.54) is 18.4 Å². The van der Waals surface area contributed by atoms with E-state index < -0.39 is 0 Å². The van der Waals surface area contributed by atoms with Gasteiger partial charge in [0.15, 0.2) is 5.96 Å². The smallest absolute Gasteiger partial charge is 0.190 e. The van der Waals surface area contributed by atoms with Crippen molar-refractivity contribution in [1.82, 2.24) is 15.8 Å². The van der Waals surface area contributed by atoms with E-state index in [1.807, 2.05) is 13.8 Å². The number of nitrogens with zero attached hydrogens (tertiary/aromatic N) is 2. The molecule has 0 aliphatic heterocycles. The minimum Gasteiger partial charge on any atom is -0.361 e. The fraction of sp³-hybridized carbons (Fsp3) is 0.733. The van der Waals surface area contributed by atoms with Gasteiger partial charge in [0.2, 0.25) is 0 Å². The number of aryl methyl sites for hydroxylation is 2. The summed E-state index contributed by atoms with van der Waals surface area (Å²) in [6, 6.07) is 0. The molecule has 0 aromatic carbocycles. The lowest BCUT2D eigenvalue weighted by molar-refractivity contribution is 0.392. The van der Waals surface area contributed by atoms with Gasteiger partial charge in [0, 0.05) is 25.7 Å². The molecular weight excluding hydrogens is 252 g/mol. The van der Waals surface area contributed by atoms with E-state index in [0.717, 1.165) is 42.8 Å². The Morgan fingerprint density at radius 2 is 1.95 bits per heavy atom. The van der Waals surface area contributed by atoms with Gasteiger partial charge in [-0.25, -0.2) is 0 Å². The van der Waals surface area contributed by atoms with Crippen molar-refractivity contribution >= 4 is 5.96 Å². The van der Waals surface area contributed by atoms with Crippen LogP contribution in [0.25, 0.3) is 0 Å². The second-order valence-corrected chi connectivity index (χ2v) is 5.51. The van der Waals surface area contributed by atoms with Crippen LogP contribution in [0.5, 0.6) is 0 Å². The molecular formula is C15H28N4O. The molecule has 1 aromatic heterocycles. The highest BCUT2D eigenvalue weighted by Gasteiger charge is 2.08. The van der Waals surface area contributed by atoms with Crippen molar-refractivity contribution in [2.24, 2.45) is 10.9 Å². The van der Waals surface area contributed by atoms with Gasteiger partial charge in [0.25, 0.3) is 0 Å². The van der Waals surface area contributed by atoms with Crippen LogP contribution in [-0.2, 0) is 6.42 Å². The van der Waals surface area contributed by atoms with Crippen molar-refractivity contribution in [3.8, 4) is 0 Å². The first-order valence-corrected chi connectivity index (χ1v) is 7.40.